The SMILES string of the molecule is O=S1(=O)NC(=NCCC2CCCNC2)c2ccccc21. The molecule has 1 aromatic rings. The first-order valence-corrected chi connectivity index (χ1v) is 8.52. The van der Waals surface area contributed by atoms with E-state index in [1.807, 2.05) is 6.07 Å². The molecule has 0 radical (unpaired) electrons. The fraction of sp³-hybridized carbons (Fsp3) is 0.500. The van der Waals surface area contributed by atoms with E-state index in [0.29, 0.717) is 28.8 Å². The van der Waals surface area contributed by atoms with E-state index in [1.165, 1.54) is 12.8 Å². The zero-order chi connectivity index (χ0) is 14.0. The number of aliphatic imine (C=N–C) groups is 1. The number of nitrogens with one attached hydrogen (secondary N) is 2. The maximum absolute atomic E-state index is 11.9. The first-order chi connectivity index (χ1) is 9.67. The zero-order valence-corrected chi connectivity index (χ0v) is 12.1. The Morgan fingerprint density at radius 1 is 1.30 bits per heavy atom. The van der Waals surface area contributed by atoms with Crippen LogP contribution in [-0.4, -0.2) is 33.9 Å². The van der Waals surface area contributed by atoms with Crippen LogP contribution in [0.2, 0.25) is 0 Å². The lowest BCUT2D eigenvalue weighted by atomic mass is 9.96. The second-order valence-corrected chi connectivity index (χ2v) is 6.98. The van der Waals surface area contributed by atoms with E-state index in [2.05, 4.69) is 15.0 Å². The number of amidine groups is 1. The van der Waals surface area contributed by atoms with Gasteiger partial charge in [-0.3, -0.25) is 9.71 Å². The molecule has 2 heterocycles. The van der Waals surface area contributed by atoms with Crippen LogP contribution in [0.3, 0.4) is 0 Å². The topological polar surface area (TPSA) is 70.6 Å². The van der Waals surface area contributed by atoms with Gasteiger partial charge in [0.2, 0.25) is 0 Å². The largest absolute Gasteiger partial charge is 0.316 e. The average molecular weight is 293 g/mol. The van der Waals surface area contributed by atoms with Crippen molar-refractivity contribution in [2.75, 3.05) is 19.6 Å². The minimum absolute atomic E-state index is 0.332. The van der Waals surface area contributed by atoms with E-state index in [-0.39, 0.29) is 0 Å². The van der Waals surface area contributed by atoms with Crippen molar-refractivity contribution in [1.82, 2.24) is 10.0 Å². The van der Waals surface area contributed by atoms with Crippen LogP contribution < -0.4 is 10.0 Å². The van der Waals surface area contributed by atoms with Gasteiger partial charge in [0.25, 0.3) is 10.0 Å². The minimum Gasteiger partial charge on any atom is -0.316 e. The lowest BCUT2D eigenvalue weighted by molar-refractivity contribution is 0.362. The average Bonchev–Trinajstić information content (AvgIpc) is 2.72. The number of sulfonamides is 1. The number of rotatable bonds is 3. The van der Waals surface area contributed by atoms with Crippen LogP contribution >= 0.6 is 0 Å². The number of hydrogen-bond donors (Lipinski definition) is 2. The fourth-order valence-electron chi connectivity index (χ4n) is 2.78. The van der Waals surface area contributed by atoms with Crippen molar-refractivity contribution in [3.63, 3.8) is 0 Å². The van der Waals surface area contributed by atoms with Crippen LogP contribution in [-0.2, 0) is 10.0 Å². The second kappa shape index (κ2) is 5.54. The van der Waals surface area contributed by atoms with Gasteiger partial charge in [0, 0.05) is 12.1 Å². The summed E-state index contributed by atoms with van der Waals surface area (Å²) in [5, 5.41) is 3.38. The van der Waals surface area contributed by atoms with Crippen molar-refractivity contribution in [2.24, 2.45) is 10.9 Å². The molecular formula is C14H19N3O2S. The van der Waals surface area contributed by atoms with E-state index in [1.54, 1.807) is 18.2 Å². The number of fused-ring (bicyclic) bond motifs is 1. The van der Waals surface area contributed by atoms with Gasteiger partial charge in [-0.05, 0) is 50.4 Å². The first-order valence-electron chi connectivity index (χ1n) is 7.04. The van der Waals surface area contributed by atoms with Gasteiger partial charge < -0.3 is 5.32 Å². The Labute approximate surface area is 119 Å². The van der Waals surface area contributed by atoms with Crippen LogP contribution in [0.4, 0.5) is 0 Å². The summed E-state index contributed by atoms with van der Waals surface area (Å²) in [6, 6.07) is 6.98. The van der Waals surface area contributed by atoms with Crippen LogP contribution in [0.5, 0.6) is 0 Å². The molecule has 1 saturated heterocycles. The Morgan fingerprint density at radius 3 is 2.95 bits per heavy atom. The number of piperidine rings is 1. The van der Waals surface area contributed by atoms with E-state index in [0.717, 1.165) is 19.5 Å². The van der Waals surface area contributed by atoms with Crippen molar-refractivity contribution in [1.29, 1.82) is 0 Å². The zero-order valence-electron chi connectivity index (χ0n) is 11.3. The Morgan fingerprint density at radius 2 is 2.15 bits per heavy atom. The third-order valence-electron chi connectivity index (χ3n) is 3.87. The highest BCUT2D eigenvalue weighted by atomic mass is 32.2. The summed E-state index contributed by atoms with van der Waals surface area (Å²) in [5.41, 5.74) is 0.689. The quantitative estimate of drug-likeness (QED) is 0.877. The molecule has 1 fully saturated rings. The molecule has 1 aromatic carbocycles. The molecule has 1 unspecified atom stereocenters. The van der Waals surface area contributed by atoms with Crippen molar-refractivity contribution in [3.05, 3.63) is 29.8 Å². The molecule has 6 heteroatoms. The predicted octanol–water partition coefficient (Wildman–Crippen LogP) is 1.11. The maximum atomic E-state index is 11.9. The highest BCUT2D eigenvalue weighted by Gasteiger charge is 2.29. The van der Waals surface area contributed by atoms with Gasteiger partial charge in [-0.15, -0.1) is 0 Å². The smallest absolute Gasteiger partial charge is 0.263 e. The Balaban J connectivity index is 1.70. The molecular weight excluding hydrogens is 274 g/mol. The van der Waals surface area contributed by atoms with Crippen molar-refractivity contribution < 1.29 is 8.42 Å². The Hall–Kier alpha value is -1.40. The molecule has 0 aliphatic carbocycles. The molecule has 108 valence electrons. The number of hydrogen-bond acceptors (Lipinski definition) is 4. The van der Waals surface area contributed by atoms with Gasteiger partial charge in [-0.1, -0.05) is 12.1 Å². The van der Waals surface area contributed by atoms with E-state index in [4.69, 9.17) is 0 Å². The summed E-state index contributed by atoms with van der Waals surface area (Å²) in [5.74, 6) is 1.14. The molecule has 3 rings (SSSR count). The molecule has 0 amide bonds. The van der Waals surface area contributed by atoms with Crippen LogP contribution in [0.15, 0.2) is 34.2 Å². The van der Waals surface area contributed by atoms with Crippen molar-refractivity contribution in [3.8, 4) is 0 Å². The summed E-state index contributed by atoms with van der Waals surface area (Å²) in [6.45, 7) is 2.82. The third-order valence-corrected chi connectivity index (χ3v) is 5.27. The highest BCUT2D eigenvalue weighted by Crippen LogP contribution is 2.22. The summed E-state index contributed by atoms with van der Waals surface area (Å²) in [7, 11) is -3.40. The molecule has 2 aliphatic heterocycles. The highest BCUT2D eigenvalue weighted by molar-refractivity contribution is 7.90. The van der Waals surface area contributed by atoms with Crippen LogP contribution in [0.1, 0.15) is 24.8 Å². The summed E-state index contributed by atoms with van der Waals surface area (Å²) >= 11 is 0. The normalized spacial score (nSPS) is 26.2. The lowest BCUT2D eigenvalue weighted by Crippen LogP contribution is -2.30. The van der Waals surface area contributed by atoms with Gasteiger partial charge in [0.05, 0.1) is 4.90 Å². The van der Waals surface area contributed by atoms with Gasteiger partial charge >= 0.3 is 0 Å². The number of benzene rings is 1. The standard InChI is InChI=1S/C14H19N3O2S/c18-20(19)13-6-2-1-5-12(13)14(17-20)16-9-7-11-4-3-8-15-10-11/h1-2,5-6,11,15H,3-4,7-10H2,(H,16,17). The molecule has 0 spiro atoms. The summed E-state index contributed by atoms with van der Waals surface area (Å²) in [4.78, 5) is 4.78. The van der Waals surface area contributed by atoms with E-state index >= 15 is 0 Å². The monoisotopic (exact) mass is 293 g/mol. The van der Waals surface area contributed by atoms with Crippen LogP contribution in [0, 0.1) is 5.92 Å². The van der Waals surface area contributed by atoms with Gasteiger partial charge in [-0.2, -0.15) is 0 Å². The van der Waals surface area contributed by atoms with Gasteiger partial charge in [0.15, 0.2) is 0 Å². The fourth-order valence-corrected chi connectivity index (χ4v) is 4.03. The molecule has 0 aromatic heterocycles. The molecule has 2 N–H and O–H groups in total. The third kappa shape index (κ3) is 2.71. The number of nitrogens with zero attached hydrogens (tertiary/aromatic N) is 1. The molecule has 5 nitrogen and oxygen atoms in total. The van der Waals surface area contributed by atoms with E-state index < -0.39 is 10.0 Å². The second-order valence-electron chi connectivity index (χ2n) is 5.33. The molecule has 1 atom stereocenters. The summed E-state index contributed by atoms with van der Waals surface area (Å²) < 4.78 is 26.4. The Kier molecular flexibility index (Phi) is 3.76. The molecule has 0 saturated carbocycles. The van der Waals surface area contributed by atoms with Gasteiger partial charge in [-0.25, -0.2) is 8.42 Å². The van der Waals surface area contributed by atoms with Crippen LogP contribution in [0.25, 0.3) is 0 Å². The van der Waals surface area contributed by atoms with Crippen molar-refractivity contribution >= 4 is 15.9 Å². The minimum atomic E-state index is -3.40. The Bertz CT molecular complexity index is 619. The van der Waals surface area contributed by atoms with Gasteiger partial charge in [0.1, 0.15) is 5.84 Å². The van der Waals surface area contributed by atoms with Crippen molar-refractivity contribution in [2.45, 2.75) is 24.2 Å². The van der Waals surface area contributed by atoms with E-state index in [9.17, 15) is 8.42 Å². The maximum Gasteiger partial charge on any atom is 0.263 e. The molecule has 2 aliphatic rings. The lowest BCUT2D eigenvalue weighted by Gasteiger charge is -2.21. The molecule has 0 bridgehead atoms. The first kappa shape index (κ1) is 13.6. The predicted molar refractivity (Wildman–Crippen MR) is 78.4 cm³/mol. The summed E-state index contributed by atoms with van der Waals surface area (Å²) in [6.07, 6.45) is 3.46. The molecule has 20 heavy (non-hydrogen) atoms.